The number of hydrogen-bond donors (Lipinski definition) is 1. The molecule has 110 valence electrons. The van der Waals surface area contributed by atoms with Crippen molar-refractivity contribution in [1.82, 2.24) is 9.47 Å². The van der Waals surface area contributed by atoms with E-state index in [0.717, 1.165) is 25.1 Å². The molecule has 0 radical (unpaired) electrons. The van der Waals surface area contributed by atoms with Crippen LogP contribution in [0.25, 0.3) is 10.9 Å². The molecule has 3 nitrogen and oxygen atoms in total. The molecule has 3 heteroatoms. The van der Waals surface area contributed by atoms with Crippen LogP contribution >= 0.6 is 0 Å². The Bertz CT molecular complexity index is 728. The molecule has 1 aromatic heterocycles. The monoisotopic (exact) mass is 282 g/mol. The average molecular weight is 282 g/mol. The van der Waals surface area contributed by atoms with E-state index in [9.17, 15) is 5.11 Å². The first kappa shape index (κ1) is 13.1. The van der Waals surface area contributed by atoms with E-state index >= 15 is 0 Å². The number of aliphatic hydroxyl groups is 1. The number of hydrogen-bond acceptors (Lipinski definition) is 2. The van der Waals surface area contributed by atoms with Gasteiger partial charge in [-0.15, -0.1) is 0 Å². The van der Waals surface area contributed by atoms with Gasteiger partial charge in [0.25, 0.3) is 0 Å². The number of benzene rings is 1. The van der Waals surface area contributed by atoms with Crippen LogP contribution in [0.5, 0.6) is 0 Å². The Hall–Kier alpha value is -1.58. The molecule has 2 atom stereocenters. The number of aliphatic hydroxyl groups excluding tert-OH is 1. The highest BCUT2D eigenvalue weighted by Crippen LogP contribution is 2.42. The molecule has 1 aliphatic heterocycles. The standard InChI is InChI=1S/C18H22N2O/c1-3-20-10-13-8-17-15(7-12(11-21)9-19(17)2)14-5-4-6-16(20)18(13)14/h4-7,10,15,17,21H,3,8-9,11H2,1-2H3. The fourth-order valence-corrected chi connectivity index (χ4v) is 4.20. The highest BCUT2D eigenvalue weighted by molar-refractivity contribution is 5.89. The van der Waals surface area contributed by atoms with Gasteiger partial charge in [0.05, 0.1) is 6.61 Å². The lowest BCUT2D eigenvalue weighted by molar-refractivity contribution is 0.208. The molecule has 2 aromatic rings. The minimum absolute atomic E-state index is 0.173. The minimum atomic E-state index is 0.173. The molecule has 1 aliphatic carbocycles. The van der Waals surface area contributed by atoms with Gasteiger partial charge in [0.2, 0.25) is 0 Å². The van der Waals surface area contributed by atoms with Crippen LogP contribution in [0.1, 0.15) is 24.0 Å². The van der Waals surface area contributed by atoms with Gasteiger partial charge in [0, 0.05) is 42.1 Å². The number of fused-ring (bicyclic) bond motifs is 2. The fourth-order valence-electron chi connectivity index (χ4n) is 4.20. The summed E-state index contributed by atoms with van der Waals surface area (Å²) in [5.41, 5.74) is 5.42. The predicted molar refractivity (Wildman–Crippen MR) is 85.6 cm³/mol. The van der Waals surface area contributed by atoms with Crippen LogP contribution in [-0.2, 0) is 13.0 Å². The first-order valence-corrected chi connectivity index (χ1v) is 7.84. The summed E-state index contributed by atoms with van der Waals surface area (Å²) in [5.74, 6) is 0.412. The molecule has 21 heavy (non-hydrogen) atoms. The third kappa shape index (κ3) is 1.81. The average Bonchev–Trinajstić information content (AvgIpc) is 2.87. The van der Waals surface area contributed by atoms with E-state index in [1.54, 1.807) is 0 Å². The van der Waals surface area contributed by atoms with E-state index < -0.39 is 0 Å². The number of nitrogens with zero attached hydrogens (tertiary/aromatic N) is 2. The van der Waals surface area contributed by atoms with Gasteiger partial charge in [-0.05, 0) is 43.2 Å². The quantitative estimate of drug-likeness (QED) is 0.857. The van der Waals surface area contributed by atoms with Crippen LogP contribution in [0, 0.1) is 0 Å². The van der Waals surface area contributed by atoms with Gasteiger partial charge in [-0.2, -0.15) is 0 Å². The predicted octanol–water partition coefficient (Wildman–Crippen LogP) is 2.53. The summed E-state index contributed by atoms with van der Waals surface area (Å²) in [4.78, 5) is 2.40. The largest absolute Gasteiger partial charge is 0.392 e. The summed E-state index contributed by atoms with van der Waals surface area (Å²) >= 11 is 0. The molecule has 0 saturated heterocycles. The second-order valence-electron chi connectivity index (χ2n) is 6.38. The van der Waals surface area contributed by atoms with E-state index in [-0.39, 0.29) is 6.61 Å². The Morgan fingerprint density at radius 2 is 2.19 bits per heavy atom. The van der Waals surface area contributed by atoms with Gasteiger partial charge < -0.3 is 9.67 Å². The van der Waals surface area contributed by atoms with Crippen molar-refractivity contribution >= 4 is 10.9 Å². The van der Waals surface area contributed by atoms with Crippen molar-refractivity contribution in [2.24, 2.45) is 0 Å². The van der Waals surface area contributed by atoms with Crippen LogP contribution in [0.3, 0.4) is 0 Å². The minimum Gasteiger partial charge on any atom is -0.392 e. The highest BCUT2D eigenvalue weighted by Gasteiger charge is 2.35. The van der Waals surface area contributed by atoms with Crippen molar-refractivity contribution in [2.75, 3.05) is 20.2 Å². The molecular weight excluding hydrogens is 260 g/mol. The van der Waals surface area contributed by atoms with E-state index in [1.807, 2.05) is 0 Å². The molecule has 0 bridgehead atoms. The first-order chi connectivity index (χ1) is 10.2. The zero-order valence-corrected chi connectivity index (χ0v) is 12.7. The number of likely N-dealkylation sites (N-methyl/N-ethyl adjacent to an activating group) is 1. The summed E-state index contributed by atoms with van der Waals surface area (Å²) < 4.78 is 2.36. The van der Waals surface area contributed by atoms with Crippen molar-refractivity contribution < 1.29 is 5.11 Å². The van der Waals surface area contributed by atoms with Crippen LogP contribution in [-0.4, -0.2) is 40.8 Å². The second-order valence-corrected chi connectivity index (χ2v) is 6.38. The van der Waals surface area contributed by atoms with Gasteiger partial charge >= 0.3 is 0 Å². The topological polar surface area (TPSA) is 28.4 Å². The number of rotatable bonds is 2. The molecule has 1 aromatic carbocycles. The molecule has 2 heterocycles. The molecule has 1 N–H and O–H groups in total. The van der Waals surface area contributed by atoms with Crippen molar-refractivity contribution in [3.63, 3.8) is 0 Å². The van der Waals surface area contributed by atoms with E-state index in [4.69, 9.17) is 0 Å². The van der Waals surface area contributed by atoms with Crippen molar-refractivity contribution in [2.45, 2.75) is 31.8 Å². The normalized spacial score (nSPS) is 25.0. The van der Waals surface area contributed by atoms with Gasteiger partial charge in [-0.1, -0.05) is 18.2 Å². The van der Waals surface area contributed by atoms with E-state index in [0.29, 0.717) is 12.0 Å². The van der Waals surface area contributed by atoms with E-state index in [1.165, 1.54) is 22.0 Å². The molecule has 0 amide bonds. The Labute approximate surface area is 125 Å². The Kier molecular flexibility index (Phi) is 2.95. The zero-order valence-electron chi connectivity index (χ0n) is 12.7. The van der Waals surface area contributed by atoms with Crippen LogP contribution in [0.4, 0.5) is 0 Å². The van der Waals surface area contributed by atoms with Gasteiger partial charge in [-0.25, -0.2) is 0 Å². The maximum atomic E-state index is 9.53. The van der Waals surface area contributed by atoms with Gasteiger partial charge in [0.1, 0.15) is 0 Å². The fraction of sp³-hybridized carbons (Fsp3) is 0.444. The molecule has 0 fully saturated rings. The maximum Gasteiger partial charge on any atom is 0.0654 e. The summed E-state index contributed by atoms with van der Waals surface area (Å²) in [7, 11) is 2.18. The van der Waals surface area contributed by atoms with Crippen molar-refractivity contribution in [3.05, 3.63) is 47.2 Å². The summed E-state index contributed by atoms with van der Waals surface area (Å²) in [5, 5.41) is 11.0. The lowest BCUT2D eigenvalue weighted by atomic mass is 9.77. The number of aryl methyl sites for hydroxylation is 1. The smallest absolute Gasteiger partial charge is 0.0654 e. The second kappa shape index (κ2) is 4.72. The summed E-state index contributed by atoms with van der Waals surface area (Å²) in [6.07, 6.45) is 5.76. The summed E-state index contributed by atoms with van der Waals surface area (Å²) in [6.45, 7) is 4.28. The Morgan fingerprint density at radius 1 is 1.33 bits per heavy atom. The molecule has 2 aliphatic rings. The molecule has 2 unspecified atom stereocenters. The Morgan fingerprint density at radius 3 is 2.95 bits per heavy atom. The molecule has 0 saturated carbocycles. The van der Waals surface area contributed by atoms with E-state index in [2.05, 4.69) is 53.9 Å². The number of aromatic nitrogens is 1. The Balaban J connectivity index is 1.95. The zero-order chi connectivity index (χ0) is 14.6. The SMILES string of the molecule is CCn1cc2c3c(cccc31)C1C=C(CO)CN(C)C1C2. The lowest BCUT2D eigenvalue weighted by Gasteiger charge is -2.41. The maximum absolute atomic E-state index is 9.53. The van der Waals surface area contributed by atoms with Crippen LogP contribution in [0.15, 0.2) is 36.0 Å². The third-order valence-electron chi connectivity index (χ3n) is 5.20. The molecule has 0 spiro atoms. The van der Waals surface area contributed by atoms with Crippen LogP contribution < -0.4 is 0 Å². The van der Waals surface area contributed by atoms with Gasteiger partial charge in [-0.3, -0.25) is 4.90 Å². The first-order valence-electron chi connectivity index (χ1n) is 7.84. The van der Waals surface area contributed by atoms with Crippen molar-refractivity contribution in [1.29, 1.82) is 0 Å². The van der Waals surface area contributed by atoms with Gasteiger partial charge in [0.15, 0.2) is 0 Å². The highest BCUT2D eigenvalue weighted by atomic mass is 16.3. The summed E-state index contributed by atoms with van der Waals surface area (Å²) in [6, 6.07) is 7.20. The van der Waals surface area contributed by atoms with Crippen molar-refractivity contribution in [3.8, 4) is 0 Å². The lowest BCUT2D eigenvalue weighted by Crippen LogP contribution is -2.44. The molecule has 4 rings (SSSR count). The van der Waals surface area contributed by atoms with Crippen LogP contribution in [0.2, 0.25) is 0 Å². The third-order valence-corrected chi connectivity index (χ3v) is 5.20. The molecular formula is C18H22N2O.